The van der Waals surface area contributed by atoms with Crippen LogP contribution in [0.25, 0.3) is 9.40 Å². The lowest BCUT2D eigenvalue weighted by molar-refractivity contribution is -0.147. The molecular formula is C32H45N3O4S2. The molecule has 0 radical (unpaired) electrons. The Hall–Kier alpha value is -2.30. The van der Waals surface area contributed by atoms with E-state index in [2.05, 4.69) is 52.8 Å². The van der Waals surface area contributed by atoms with E-state index in [0.29, 0.717) is 19.1 Å². The number of likely N-dealkylation sites (tertiary alicyclic amines) is 1. The van der Waals surface area contributed by atoms with Gasteiger partial charge in [-0.15, -0.1) is 22.7 Å². The summed E-state index contributed by atoms with van der Waals surface area (Å²) in [6.45, 7) is 6.33. The van der Waals surface area contributed by atoms with Gasteiger partial charge in [0, 0.05) is 29.8 Å². The molecule has 1 saturated heterocycles. The number of aliphatic hydroxyl groups excluding tert-OH is 1. The molecule has 224 valence electrons. The van der Waals surface area contributed by atoms with Crippen molar-refractivity contribution in [3.8, 4) is 0 Å². The van der Waals surface area contributed by atoms with Crippen LogP contribution in [0.5, 0.6) is 0 Å². The zero-order chi connectivity index (χ0) is 28.9. The molecule has 1 aliphatic heterocycles. The van der Waals surface area contributed by atoms with Crippen molar-refractivity contribution >= 4 is 43.9 Å². The normalized spacial score (nSPS) is 16.0. The van der Waals surface area contributed by atoms with Gasteiger partial charge in [-0.05, 0) is 74.2 Å². The highest BCUT2D eigenvalue weighted by Gasteiger charge is 2.25. The van der Waals surface area contributed by atoms with Crippen molar-refractivity contribution in [1.82, 2.24) is 15.5 Å². The third-order valence-electron chi connectivity index (χ3n) is 7.81. The number of carbonyl (C=O) groups is 2. The first-order chi connectivity index (χ1) is 20.0. The minimum absolute atomic E-state index is 0.0693. The number of esters is 1. The summed E-state index contributed by atoms with van der Waals surface area (Å²) >= 11 is 3.15. The Bertz CT molecular complexity index is 1160. The van der Waals surface area contributed by atoms with Crippen molar-refractivity contribution in [2.24, 2.45) is 5.92 Å². The number of amides is 1. The van der Waals surface area contributed by atoms with Gasteiger partial charge >= 0.3 is 5.97 Å². The monoisotopic (exact) mass is 599 g/mol. The number of nitrogens with one attached hydrogen (secondary N) is 2. The van der Waals surface area contributed by atoms with Crippen molar-refractivity contribution in [2.45, 2.75) is 83.5 Å². The average molecular weight is 600 g/mol. The van der Waals surface area contributed by atoms with Gasteiger partial charge < -0.3 is 15.2 Å². The Morgan fingerprint density at radius 2 is 1.93 bits per heavy atom. The van der Waals surface area contributed by atoms with Gasteiger partial charge in [0.15, 0.2) is 0 Å². The van der Waals surface area contributed by atoms with E-state index in [1.54, 1.807) is 11.3 Å². The largest absolute Gasteiger partial charge is 0.465 e. The van der Waals surface area contributed by atoms with E-state index < -0.39 is 18.2 Å². The maximum Gasteiger partial charge on any atom is 0.323 e. The van der Waals surface area contributed by atoms with Crippen molar-refractivity contribution in [3.63, 3.8) is 0 Å². The number of benzene rings is 1. The number of aliphatic hydroxyl groups is 1. The first-order valence-electron chi connectivity index (χ1n) is 15.1. The molecular weight excluding hydrogens is 555 g/mol. The second kappa shape index (κ2) is 17.0. The van der Waals surface area contributed by atoms with E-state index in [-0.39, 0.29) is 18.7 Å². The molecule has 1 aliphatic rings. The fourth-order valence-corrected chi connectivity index (χ4v) is 7.39. The molecule has 7 nitrogen and oxygen atoms in total. The van der Waals surface area contributed by atoms with Crippen LogP contribution in [0.15, 0.2) is 47.8 Å². The minimum atomic E-state index is -0.993. The topological polar surface area (TPSA) is 90.9 Å². The number of ether oxygens (including phenoxy) is 1. The highest BCUT2D eigenvalue weighted by Crippen LogP contribution is 2.33. The third-order valence-corrected chi connectivity index (χ3v) is 10.1. The minimum Gasteiger partial charge on any atom is -0.465 e. The maximum absolute atomic E-state index is 12.9. The van der Waals surface area contributed by atoms with Crippen LogP contribution < -0.4 is 10.6 Å². The van der Waals surface area contributed by atoms with Crippen LogP contribution in [0, 0.1) is 5.92 Å². The number of hydrogen-bond donors (Lipinski definition) is 3. The lowest BCUT2D eigenvalue weighted by atomic mass is 9.93. The van der Waals surface area contributed by atoms with Gasteiger partial charge in [-0.25, -0.2) is 0 Å². The summed E-state index contributed by atoms with van der Waals surface area (Å²) in [5.41, 5.74) is 1.36. The average Bonchev–Trinajstić information content (AvgIpc) is 3.60. The highest BCUT2D eigenvalue weighted by molar-refractivity contribution is 7.37. The van der Waals surface area contributed by atoms with Crippen LogP contribution in [-0.4, -0.2) is 54.2 Å². The van der Waals surface area contributed by atoms with Crippen LogP contribution >= 0.6 is 22.7 Å². The van der Waals surface area contributed by atoms with Crippen molar-refractivity contribution in [2.75, 3.05) is 26.2 Å². The number of fused-ring (bicyclic) bond motifs is 1. The number of carbonyl (C=O) groups excluding carboxylic acids is 2. The van der Waals surface area contributed by atoms with Crippen LogP contribution in [0.2, 0.25) is 0 Å². The van der Waals surface area contributed by atoms with Crippen molar-refractivity contribution in [1.29, 1.82) is 0 Å². The molecule has 4 rings (SSSR count). The Morgan fingerprint density at radius 3 is 2.68 bits per heavy atom. The van der Waals surface area contributed by atoms with Crippen molar-refractivity contribution in [3.05, 3.63) is 58.3 Å². The second-order valence-corrected chi connectivity index (χ2v) is 13.3. The van der Waals surface area contributed by atoms with Gasteiger partial charge in [0.25, 0.3) is 0 Å². The van der Waals surface area contributed by atoms with Crippen LogP contribution in [0.4, 0.5) is 0 Å². The predicted octanol–water partition coefficient (Wildman–Crippen LogP) is 6.23. The molecule has 0 spiro atoms. The Balaban J connectivity index is 1.18. The summed E-state index contributed by atoms with van der Waals surface area (Å²) in [5.74, 6) is 0.143. The summed E-state index contributed by atoms with van der Waals surface area (Å²) in [6, 6.07) is 13.8. The van der Waals surface area contributed by atoms with E-state index in [1.807, 2.05) is 17.5 Å². The number of thiophene rings is 2. The first-order valence-corrected chi connectivity index (χ1v) is 16.8. The first kappa shape index (κ1) is 31.6. The zero-order valence-electron chi connectivity index (χ0n) is 24.2. The number of rotatable bonds is 17. The van der Waals surface area contributed by atoms with Gasteiger partial charge in [0.1, 0.15) is 12.3 Å². The number of unbranched alkanes of at least 4 members (excludes halogenated alkanes) is 3. The molecule has 0 bridgehead atoms. The van der Waals surface area contributed by atoms with Gasteiger partial charge in [0.2, 0.25) is 5.91 Å². The van der Waals surface area contributed by atoms with Crippen LogP contribution in [0.1, 0.15) is 81.4 Å². The Kier molecular flexibility index (Phi) is 13.1. The standard InChI is InChI=1S/C32H45N3O4S2/c1-2-3-4-8-20-39-31(38)27(34-30(37)28-22-26-16-21-40-32(26)41-28)11-12-29(36)33-17-13-24-14-18-35(19-15-24)23-25-9-6-5-7-10-25/h5-7,9-10,16,21-22,24,27,30,34,37H,2-4,8,11-15,17-20,23H2,1H3,(H,33,36)/t27-,30?/m0/s1. The molecule has 1 amide bonds. The molecule has 2 aromatic heterocycles. The molecule has 2 atom stereocenters. The summed E-state index contributed by atoms with van der Waals surface area (Å²) in [4.78, 5) is 28.9. The van der Waals surface area contributed by atoms with Gasteiger partial charge in [-0.3, -0.25) is 19.8 Å². The Labute approximate surface area is 252 Å². The summed E-state index contributed by atoms with van der Waals surface area (Å²) in [6.07, 6.45) is 6.82. The van der Waals surface area contributed by atoms with E-state index in [1.165, 1.54) is 16.9 Å². The molecule has 41 heavy (non-hydrogen) atoms. The number of nitrogens with zero attached hydrogens (tertiary/aromatic N) is 1. The predicted molar refractivity (Wildman–Crippen MR) is 168 cm³/mol. The zero-order valence-corrected chi connectivity index (χ0v) is 25.8. The van der Waals surface area contributed by atoms with E-state index in [9.17, 15) is 14.7 Å². The lowest BCUT2D eigenvalue weighted by Gasteiger charge is -2.32. The van der Waals surface area contributed by atoms with Gasteiger partial charge in [-0.2, -0.15) is 0 Å². The highest BCUT2D eigenvalue weighted by atomic mass is 32.2. The van der Waals surface area contributed by atoms with E-state index >= 15 is 0 Å². The summed E-state index contributed by atoms with van der Waals surface area (Å²) in [5, 5.41) is 20.0. The molecule has 0 saturated carbocycles. The molecule has 3 N–H and O–H groups in total. The van der Waals surface area contributed by atoms with Gasteiger partial charge in [0.05, 0.1) is 10.6 Å². The van der Waals surface area contributed by atoms with Gasteiger partial charge in [-0.1, -0.05) is 56.5 Å². The van der Waals surface area contributed by atoms with Crippen molar-refractivity contribution < 1.29 is 19.4 Å². The van der Waals surface area contributed by atoms with E-state index in [4.69, 9.17) is 4.74 Å². The summed E-state index contributed by atoms with van der Waals surface area (Å²) < 4.78 is 6.66. The third kappa shape index (κ3) is 10.5. The second-order valence-electron chi connectivity index (χ2n) is 11.0. The lowest BCUT2D eigenvalue weighted by Crippen LogP contribution is -2.41. The quantitative estimate of drug-likeness (QED) is 0.0968. The smallest absolute Gasteiger partial charge is 0.323 e. The fourth-order valence-electron chi connectivity index (χ4n) is 5.32. The molecule has 9 heteroatoms. The Morgan fingerprint density at radius 1 is 1.12 bits per heavy atom. The summed E-state index contributed by atoms with van der Waals surface area (Å²) in [7, 11) is 0. The molecule has 0 aliphatic carbocycles. The fraction of sp³-hybridized carbons (Fsp3) is 0.562. The number of piperidine rings is 1. The van der Waals surface area contributed by atoms with Crippen LogP contribution in [-0.2, 0) is 20.9 Å². The van der Waals surface area contributed by atoms with Crippen LogP contribution in [0.3, 0.4) is 0 Å². The molecule has 1 unspecified atom stereocenters. The SMILES string of the molecule is CCCCCCOC(=O)[C@H](CCC(=O)NCCC1CCN(Cc2ccccc2)CC1)NC(O)c1cc2ccsc2s1. The number of hydrogen-bond acceptors (Lipinski definition) is 8. The molecule has 3 aromatic rings. The molecule has 3 heterocycles. The van der Waals surface area contributed by atoms with E-state index in [0.717, 1.165) is 78.9 Å². The maximum atomic E-state index is 12.9. The molecule has 1 aromatic carbocycles. The molecule has 1 fully saturated rings.